The zero-order valence-electron chi connectivity index (χ0n) is 6.76. The molecule has 0 atom stereocenters. The van der Waals surface area contributed by atoms with Gasteiger partial charge in [0.2, 0.25) is 0 Å². The molecule has 0 saturated heterocycles. The largest absolute Gasteiger partial charge is 0.460 e. The summed E-state index contributed by atoms with van der Waals surface area (Å²) < 4.78 is 9.56. The van der Waals surface area contributed by atoms with Crippen molar-refractivity contribution in [3.8, 4) is 0 Å². The number of ether oxygens (including phenoxy) is 2. The van der Waals surface area contributed by atoms with E-state index in [2.05, 4.69) is 13.5 Å². The lowest BCUT2D eigenvalue weighted by Crippen LogP contribution is -2.10. The van der Waals surface area contributed by atoms with E-state index in [0.717, 1.165) is 0 Å². The second kappa shape index (κ2) is 5.92. The van der Waals surface area contributed by atoms with Crippen LogP contribution in [0.4, 0.5) is 0 Å². The Morgan fingerprint density at radius 3 is 2.55 bits per heavy atom. The maximum absolute atomic E-state index is 10.7. The molecule has 1 radical (unpaired) electrons. The van der Waals surface area contributed by atoms with Crippen LogP contribution in [0.1, 0.15) is 6.92 Å². The molecule has 3 nitrogen and oxygen atoms in total. The average Bonchev–Trinajstić information content (AvgIpc) is 1.97. The van der Waals surface area contributed by atoms with Gasteiger partial charge in [-0.15, -0.1) is 0 Å². The SMILES string of the molecule is [CH2]COCCOC(=O)C(=C)C. The van der Waals surface area contributed by atoms with Gasteiger partial charge in [0.1, 0.15) is 6.61 Å². The Balaban J connectivity index is 3.25. The monoisotopic (exact) mass is 157 g/mol. The van der Waals surface area contributed by atoms with Gasteiger partial charge in [-0.2, -0.15) is 0 Å². The van der Waals surface area contributed by atoms with Crippen LogP contribution in [0.15, 0.2) is 12.2 Å². The first-order chi connectivity index (χ1) is 5.18. The first kappa shape index (κ1) is 10.2. The highest BCUT2D eigenvalue weighted by molar-refractivity contribution is 5.86. The molecule has 0 amide bonds. The molecule has 0 rings (SSSR count). The van der Waals surface area contributed by atoms with E-state index < -0.39 is 0 Å². The highest BCUT2D eigenvalue weighted by Crippen LogP contribution is 1.91. The number of rotatable bonds is 5. The van der Waals surface area contributed by atoms with E-state index in [9.17, 15) is 4.79 Å². The molecule has 0 fully saturated rings. The lowest BCUT2D eigenvalue weighted by Gasteiger charge is -2.03. The minimum absolute atomic E-state index is 0.265. The molecule has 0 bridgehead atoms. The van der Waals surface area contributed by atoms with Crippen LogP contribution in [0.3, 0.4) is 0 Å². The van der Waals surface area contributed by atoms with Gasteiger partial charge in [0.15, 0.2) is 0 Å². The molecule has 0 spiro atoms. The van der Waals surface area contributed by atoms with Crippen LogP contribution in [0.5, 0.6) is 0 Å². The molecule has 0 aliphatic heterocycles. The second-order valence-electron chi connectivity index (χ2n) is 2.03. The average molecular weight is 157 g/mol. The quantitative estimate of drug-likeness (QED) is 0.338. The molecule has 0 aromatic carbocycles. The molecule has 0 aliphatic rings. The molecular formula is C8H13O3. The molecular weight excluding hydrogens is 144 g/mol. The van der Waals surface area contributed by atoms with Gasteiger partial charge in [-0.1, -0.05) is 6.58 Å². The fraction of sp³-hybridized carbons (Fsp3) is 0.500. The summed E-state index contributed by atoms with van der Waals surface area (Å²) in [5.74, 6) is -0.377. The lowest BCUT2D eigenvalue weighted by atomic mass is 10.4. The van der Waals surface area contributed by atoms with Gasteiger partial charge in [-0.3, -0.25) is 0 Å². The van der Waals surface area contributed by atoms with Crippen LogP contribution in [-0.2, 0) is 14.3 Å². The highest BCUT2D eigenvalue weighted by Gasteiger charge is 2.00. The zero-order chi connectivity index (χ0) is 8.69. The Morgan fingerprint density at radius 1 is 1.45 bits per heavy atom. The molecule has 0 heterocycles. The number of hydrogen-bond donors (Lipinski definition) is 0. The van der Waals surface area contributed by atoms with E-state index >= 15 is 0 Å². The minimum atomic E-state index is -0.377. The van der Waals surface area contributed by atoms with Gasteiger partial charge in [-0.05, 0) is 13.8 Å². The van der Waals surface area contributed by atoms with Crippen molar-refractivity contribution < 1.29 is 14.3 Å². The maximum atomic E-state index is 10.7. The van der Waals surface area contributed by atoms with Crippen molar-refractivity contribution >= 4 is 5.97 Å². The van der Waals surface area contributed by atoms with E-state index in [1.807, 2.05) is 0 Å². The second-order valence-corrected chi connectivity index (χ2v) is 2.03. The summed E-state index contributed by atoms with van der Waals surface area (Å²) in [5, 5.41) is 0. The van der Waals surface area contributed by atoms with Crippen LogP contribution < -0.4 is 0 Å². The van der Waals surface area contributed by atoms with Crippen molar-refractivity contribution in [3.63, 3.8) is 0 Å². The minimum Gasteiger partial charge on any atom is -0.460 e. The van der Waals surface area contributed by atoms with Gasteiger partial charge in [-0.25, -0.2) is 4.79 Å². The molecule has 0 aromatic rings. The predicted octanol–water partition coefficient (Wildman–Crippen LogP) is 0.956. The summed E-state index contributed by atoms with van der Waals surface area (Å²) in [5.41, 5.74) is 0.402. The van der Waals surface area contributed by atoms with Crippen LogP contribution >= 0.6 is 0 Å². The maximum Gasteiger partial charge on any atom is 0.333 e. The Morgan fingerprint density at radius 2 is 2.09 bits per heavy atom. The van der Waals surface area contributed by atoms with Crippen molar-refractivity contribution in [2.75, 3.05) is 19.8 Å². The molecule has 11 heavy (non-hydrogen) atoms. The highest BCUT2D eigenvalue weighted by atomic mass is 16.6. The van der Waals surface area contributed by atoms with Gasteiger partial charge in [0.05, 0.1) is 6.61 Å². The number of carbonyl (C=O) groups excluding carboxylic acids is 1. The number of carbonyl (C=O) groups is 1. The summed E-state index contributed by atoms with van der Waals surface area (Å²) in [7, 11) is 0. The standard InChI is InChI=1S/C8H13O3/c1-4-10-5-6-11-8(9)7(2)3/h1-2,4-6H2,3H3. The van der Waals surface area contributed by atoms with Gasteiger partial charge >= 0.3 is 5.97 Å². The summed E-state index contributed by atoms with van der Waals surface area (Å²) in [6.07, 6.45) is 0. The van der Waals surface area contributed by atoms with Gasteiger partial charge in [0, 0.05) is 12.2 Å². The summed E-state index contributed by atoms with van der Waals surface area (Å²) in [4.78, 5) is 10.7. The van der Waals surface area contributed by atoms with E-state index in [0.29, 0.717) is 18.8 Å². The Hall–Kier alpha value is -0.830. The third-order valence-electron chi connectivity index (χ3n) is 0.954. The fourth-order valence-electron chi connectivity index (χ4n) is 0.419. The van der Waals surface area contributed by atoms with Crippen molar-refractivity contribution in [2.45, 2.75) is 6.92 Å². The zero-order valence-corrected chi connectivity index (χ0v) is 6.76. The predicted molar refractivity (Wildman–Crippen MR) is 41.9 cm³/mol. The van der Waals surface area contributed by atoms with Crippen LogP contribution in [0, 0.1) is 6.92 Å². The summed E-state index contributed by atoms with van der Waals surface area (Å²) in [6.45, 7) is 9.54. The molecule has 0 unspecified atom stereocenters. The van der Waals surface area contributed by atoms with Crippen molar-refractivity contribution in [3.05, 3.63) is 19.1 Å². The third-order valence-corrected chi connectivity index (χ3v) is 0.954. The topological polar surface area (TPSA) is 35.5 Å². The normalized spacial score (nSPS) is 9.27. The molecule has 0 aromatic heterocycles. The Labute approximate surface area is 67.0 Å². The Kier molecular flexibility index (Phi) is 5.47. The van der Waals surface area contributed by atoms with E-state index in [-0.39, 0.29) is 12.6 Å². The lowest BCUT2D eigenvalue weighted by molar-refractivity contribution is -0.140. The molecule has 3 heteroatoms. The first-order valence-electron chi connectivity index (χ1n) is 3.38. The first-order valence-corrected chi connectivity index (χ1v) is 3.38. The van der Waals surface area contributed by atoms with Crippen LogP contribution in [0.25, 0.3) is 0 Å². The molecule has 0 N–H and O–H groups in total. The van der Waals surface area contributed by atoms with Gasteiger partial charge in [0.25, 0.3) is 0 Å². The van der Waals surface area contributed by atoms with Crippen molar-refractivity contribution in [1.29, 1.82) is 0 Å². The van der Waals surface area contributed by atoms with E-state index in [1.165, 1.54) is 0 Å². The Bertz CT molecular complexity index is 140. The van der Waals surface area contributed by atoms with Crippen molar-refractivity contribution in [1.82, 2.24) is 0 Å². The third kappa shape index (κ3) is 5.61. The molecule has 63 valence electrons. The smallest absolute Gasteiger partial charge is 0.333 e. The van der Waals surface area contributed by atoms with E-state index in [4.69, 9.17) is 9.47 Å². The van der Waals surface area contributed by atoms with Crippen molar-refractivity contribution in [2.24, 2.45) is 0 Å². The number of hydrogen-bond acceptors (Lipinski definition) is 3. The molecule has 0 aliphatic carbocycles. The fourth-order valence-corrected chi connectivity index (χ4v) is 0.419. The van der Waals surface area contributed by atoms with Crippen LogP contribution in [0.2, 0.25) is 0 Å². The van der Waals surface area contributed by atoms with Gasteiger partial charge < -0.3 is 9.47 Å². The van der Waals surface area contributed by atoms with E-state index in [1.54, 1.807) is 6.92 Å². The number of esters is 1. The molecule has 0 saturated carbocycles. The summed E-state index contributed by atoms with van der Waals surface area (Å²) >= 11 is 0. The van der Waals surface area contributed by atoms with Crippen LogP contribution in [-0.4, -0.2) is 25.8 Å². The summed E-state index contributed by atoms with van der Waals surface area (Å²) in [6, 6.07) is 0.